The van der Waals surface area contributed by atoms with Crippen molar-refractivity contribution in [2.75, 3.05) is 12.3 Å². The van der Waals surface area contributed by atoms with Crippen molar-refractivity contribution >= 4 is 45.5 Å². The van der Waals surface area contributed by atoms with Crippen molar-refractivity contribution in [2.24, 2.45) is 0 Å². The number of carboxylic acid groups (broad SMARTS) is 1. The molecule has 1 aromatic heterocycles. The number of amides is 2. The van der Waals surface area contributed by atoms with Crippen molar-refractivity contribution in [1.29, 1.82) is 0 Å². The van der Waals surface area contributed by atoms with Crippen LogP contribution in [0, 0.1) is 0 Å². The maximum atomic E-state index is 12.1. The minimum absolute atomic E-state index is 0.0771. The van der Waals surface area contributed by atoms with Crippen molar-refractivity contribution in [2.45, 2.75) is 18.3 Å². The lowest BCUT2D eigenvalue weighted by Crippen LogP contribution is -2.48. The van der Waals surface area contributed by atoms with Gasteiger partial charge in [-0.05, 0) is 35.0 Å². The van der Waals surface area contributed by atoms with Crippen LogP contribution in [0.25, 0.3) is 0 Å². The van der Waals surface area contributed by atoms with E-state index in [1.807, 2.05) is 0 Å². The highest BCUT2D eigenvalue weighted by Gasteiger charge is 2.39. The molecule has 1 aliphatic rings. The summed E-state index contributed by atoms with van der Waals surface area (Å²) in [6.07, 6.45) is 0. The number of nitrogens with zero attached hydrogens (tertiary/aromatic N) is 1. The minimum atomic E-state index is -1.04. The Morgan fingerprint density at radius 3 is 2.81 bits per heavy atom. The molecule has 0 radical (unpaired) electrons. The molecule has 21 heavy (non-hydrogen) atoms. The Kier molecular flexibility index (Phi) is 4.94. The quantitative estimate of drug-likeness (QED) is 0.817. The number of carbonyl (C=O) groups is 3. The fraction of sp³-hybridized carbons (Fsp3) is 0.417. The predicted octanol–water partition coefficient (Wildman–Crippen LogP) is 1.15. The van der Waals surface area contributed by atoms with Gasteiger partial charge in [-0.15, -0.1) is 11.8 Å². The van der Waals surface area contributed by atoms with E-state index in [0.29, 0.717) is 10.4 Å². The molecule has 1 fully saturated rings. The predicted molar refractivity (Wildman–Crippen MR) is 78.9 cm³/mol. The van der Waals surface area contributed by atoms with Crippen LogP contribution in [-0.2, 0) is 9.59 Å². The lowest BCUT2D eigenvalue weighted by atomic mass is 10.2. The molecule has 0 aliphatic carbocycles. The summed E-state index contributed by atoms with van der Waals surface area (Å²) in [5.74, 6) is -1.57. The zero-order valence-corrected chi connectivity index (χ0v) is 13.4. The third-order valence-corrected chi connectivity index (χ3v) is 4.64. The van der Waals surface area contributed by atoms with Crippen molar-refractivity contribution in [3.05, 3.63) is 22.6 Å². The van der Waals surface area contributed by atoms with E-state index in [-0.39, 0.29) is 17.7 Å². The zero-order chi connectivity index (χ0) is 15.6. The molecule has 2 N–H and O–H groups in total. The lowest BCUT2D eigenvalue weighted by Gasteiger charge is -2.24. The largest absolute Gasteiger partial charge is 0.480 e. The molecule has 0 aromatic carbocycles. The molecule has 2 heterocycles. The molecule has 0 spiro atoms. The van der Waals surface area contributed by atoms with Crippen LogP contribution in [-0.4, -0.2) is 51.5 Å². The molecule has 1 aliphatic heterocycles. The fourth-order valence-electron chi connectivity index (χ4n) is 1.98. The van der Waals surface area contributed by atoms with Crippen molar-refractivity contribution in [3.63, 3.8) is 0 Å². The van der Waals surface area contributed by atoms with Crippen LogP contribution >= 0.6 is 27.7 Å². The first kappa shape index (κ1) is 15.9. The van der Waals surface area contributed by atoms with E-state index in [9.17, 15) is 14.4 Å². The van der Waals surface area contributed by atoms with E-state index in [0.717, 1.165) is 0 Å². The number of rotatable bonds is 4. The first-order valence-electron chi connectivity index (χ1n) is 6.09. The average Bonchev–Trinajstić information content (AvgIpc) is 3.01. The average molecular weight is 377 g/mol. The van der Waals surface area contributed by atoms with Crippen LogP contribution in [0.5, 0.6) is 0 Å². The van der Waals surface area contributed by atoms with Crippen LogP contribution in [0.15, 0.2) is 21.2 Å². The number of hydrogen-bond donors (Lipinski definition) is 2. The highest BCUT2D eigenvalue weighted by molar-refractivity contribution is 9.10. The molecule has 1 aromatic rings. The molecular weight excluding hydrogens is 364 g/mol. The number of hydrogen-bond acceptors (Lipinski definition) is 5. The molecule has 1 saturated heterocycles. The monoisotopic (exact) mass is 376 g/mol. The highest BCUT2D eigenvalue weighted by atomic mass is 79.9. The van der Waals surface area contributed by atoms with Gasteiger partial charge >= 0.3 is 5.97 Å². The van der Waals surface area contributed by atoms with Crippen LogP contribution in [0.4, 0.5) is 0 Å². The summed E-state index contributed by atoms with van der Waals surface area (Å²) in [5, 5.41) is 11.3. The molecule has 114 valence electrons. The SMILES string of the molecule is CC1SCC(C(=O)O)N1C(=O)CNC(=O)c1ccc(Br)o1. The standard InChI is InChI=1S/C12H13BrN2O5S/c1-6-15(7(5-21-6)12(18)19)10(16)4-14-11(17)8-2-3-9(13)20-8/h2-3,6-7H,4-5H2,1H3,(H,14,17)(H,18,19). The highest BCUT2D eigenvalue weighted by Crippen LogP contribution is 2.28. The fourth-order valence-corrected chi connectivity index (χ4v) is 3.48. The number of carboxylic acids is 1. The number of nitrogens with one attached hydrogen (secondary N) is 1. The second kappa shape index (κ2) is 6.52. The Morgan fingerprint density at radius 1 is 1.52 bits per heavy atom. The number of halogens is 1. The van der Waals surface area contributed by atoms with E-state index in [1.54, 1.807) is 13.0 Å². The van der Waals surface area contributed by atoms with Gasteiger partial charge in [-0.1, -0.05) is 0 Å². The minimum Gasteiger partial charge on any atom is -0.480 e. The number of thioether (sulfide) groups is 1. The molecule has 9 heteroatoms. The second-order valence-electron chi connectivity index (χ2n) is 4.37. The van der Waals surface area contributed by atoms with E-state index in [1.165, 1.54) is 22.7 Å². The van der Waals surface area contributed by atoms with Gasteiger partial charge in [0.25, 0.3) is 5.91 Å². The number of carbonyl (C=O) groups excluding carboxylic acids is 2. The van der Waals surface area contributed by atoms with Gasteiger partial charge in [0.2, 0.25) is 5.91 Å². The Bertz CT molecular complexity index is 576. The number of furan rings is 1. The van der Waals surface area contributed by atoms with Gasteiger partial charge in [0.15, 0.2) is 10.4 Å². The molecule has 2 amide bonds. The van der Waals surface area contributed by atoms with Gasteiger partial charge in [0.1, 0.15) is 6.04 Å². The van der Waals surface area contributed by atoms with Crippen molar-refractivity contribution < 1.29 is 23.9 Å². The van der Waals surface area contributed by atoms with Crippen molar-refractivity contribution in [1.82, 2.24) is 10.2 Å². The molecule has 2 unspecified atom stereocenters. The molecule has 2 atom stereocenters. The van der Waals surface area contributed by atoms with Gasteiger partial charge in [0.05, 0.1) is 11.9 Å². The first-order valence-corrected chi connectivity index (χ1v) is 7.93. The Morgan fingerprint density at radius 2 is 2.24 bits per heavy atom. The first-order chi connectivity index (χ1) is 9.90. The van der Waals surface area contributed by atoms with E-state index < -0.39 is 23.8 Å². The zero-order valence-electron chi connectivity index (χ0n) is 11.0. The second-order valence-corrected chi connectivity index (χ2v) is 6.50. The van der Waals surface area contributed by atoms with Gasteiger partial charge in [-0.3, -0.25) is 9.59 Å². The Hall–Kier alpha value is -1.48. The summed E-state index contributed by atoms with van der Waals surface area (Å²) in [5.41, 5.74) is 0. The summed E-state index contributed by atoms with van der Waals surface area (Å²) in [7, 11) is 0. The van der Waals surface area contributed by atoms with Gasteiger partial charge in [-0.25, -0.2) is 4.79 Å². The molecular formula is C12H13BrN2O5S. The van der Waals surface area contributed by atoms with Crippen LogP contribution < -0.4 is 5.32 Å². The molecule has 7 nitrogen and oxygen atoms in total. The third kappa shape index (κ3) is 3.59. The van der Waals surface area contributed by atoms with Crippen LogP contribution in [0.3, 0.4) is 0 Å². The van der Waals surface area contributed by atoms with Crippen molar-refractivity contribution in [3.8, 4) is 0 Å². The maximum absolute atomic E-state index is 12.1. The van der Waals surface area contributed by atoms with Gasteiger partial charge in [0, 0.05) is 5.75 Å². The topological polar surface area (TPSA) is 99.9 Å². The summed E-state index contributed by atoms with van der Waals surface area (Å²) in [4.78, 5) is 36.3. The Balaban J connectivity index is 1.95. The smallest absolute Gasteiger partial charge is 0.327 e. The normalized spacial score (nSPS) is 21.3. The Labute approximate surface area is 133 Å². The summed E-state index contributed by atoms with van der Waals surface area (Å²) >= 11 is 4.47. The molecule has 0 bridgehead atoms. The van der Waals surface area contributed by atoms with E-state index >= 15 is 0 Å². The lowest BCUT2D eigenvalue weighted by molar-refractivity contribution is -0.148. The molecule has 2 rings (SSSR count). The molecule has 0 saturated carbocycles. The van der Waals surface area contributed by atoms with Crippen LogP contribution in [0.2, 0.25) is 0 Å². The van der Waals surface area contributed by atoms with E-state index in [2.05, 4.69) is 21.2 Å². The number of aliphatic carboxylic acids is 1. The van der Waals surface area contributed by atoms with Gasteiger partial charge < -0.3 is 19.7 Å². The summed E-state index contributed by atoms with van der Waals surface area (Å²) in [6.45, 7) is 1.49. The third-order valence-electron chi connectivity index (χ3n) is 2.99. The van der Waals surface area contributed by atoms with Crippen LogP contribution in [0.1, 0.15) is 17.5 Å². The van der Waals surface area contributed by atoms with E-state index in [4.69, 9.17) is 9.52 Å². The summed E-state index contributed by atoms with van der Waals surface area (Å²) < 4.78 is 5.48. The summed E-state index contributed by atoms with van der Waals surface area (Å²) in [6, 6.07) is 2.18. The van der Waals surface area contributed by atoms with Gasteiger partial charge in [-0.2, -0.15) is 0 Å². The maximum Gasteiger partial charge on any atom is 0.327 e.